The van der Waals surface area contributed by atoms with Gasteiger partial charge >= 0.3 is 0 Å². The minimum Gasteiger partial charge on any atom is -0.363 e. The number of carbonyl (C=O) groups excluding carboxylic acids is 1. The molecule has 1 aliphatic heterocycles. The zero-order valence-corrected chi connectivity index (χ0v) is 16.1. The average Bonchev–Trinajstić information content (AvgIpc) is 2.74. The van der Waals surface area contributed by atoms with Gasteiger partial charge in [-0.3, -0.25) is 9.78 Å². The largest absolute Gasteiger partial charge is 0.363 e. The molecule has 1 aromatic heterocycles. The summed E-state index contributed by atoms with van der Waals surface area (Å²) in [6.07, 6.45) is 2.87. The van der Waals surface area contributed by atoms with Gasteiger partial charge in [0.2, 0.25) is 5.91 Å². The molecular weight excluding hydrogens is 360 g/mol. The van der Waals surface area contributed by atoms with Crippen molar-refractivity contribution < 1.29 is 4.79 Å². The topological polar surface area (TPSA) is 69.0 Å². The lowest BCUT2D eigenvalue weighted by atomic mass is 9.95. The van der Waals surface area contributed by atoms with Crippen LogP contribution >= 0.6 is 0 Å². The van der Waals surface area contributed by atoms with Crippen LogP contribution in [0.25, 0.3) is 0 Å². The van der Waals surface area contributed by atoms with E-state index in [0.29, 0.717) is 31.5 Å². The predicted molar refractivity (Wildman–Crippen MR) is 112 cm³/mol. The number of amides is 1. The van der Waals surface area contributed by atoms with Crippen LogP contribution in [0.3, 0.4) is 0 Å². The lowest BCUT2D eigenvalue weighted by molar-refractivity contribution is -0.121. The summed E-state index contributed by atoms with van der Waals surface area (Å²) < 4.78 is 0. The number of carbonyl (C=O) groups is 1. The highest BCUT2D eigenvalue weighted by Gasteiger charge is 2.26. The zero-order valence-electron chi connectivity index (χ0n) is 16.1. The molecule has 1 unspecified atom stereocenters. The van der Waals surface area contributed by atoms with Gasteiger partial charge in [-0.2, -0.15) is 5.26 Å². The zero-order chi connectivity index (χ0) is 20.1. The van der Waals surface area contributed by atoms with Crippen LogP contribution in [0, 0.1) is 11.3 Å². The molecular formula is C24H22N4O. The number of anilines is 1. The second-order valence-electron chi connectivity index (χ2n) is 7.29. The van der Waals surface area contributed by atoms with Gasteiger partial charge < -0.3 is 10.2 Å². The fourth-order valence-corrected chi connectivity index (χ4v) is 3.81. The SMILES string of the molecule is N#Cc1ccc2c(c1)CC(NC(=O)Cc1ccccc1)CN2Cc1ccccn1. The van der Waals surface area contributed by atoms with E-state index in [2.05, 4.69) is 21.3 Å². The Bertz CT molecular complexity index is 1030. The number of hydrogen-bond acceptors (Lipinski definition) is 4. The Morgan fingerprint density at radius 2 is 1.97 bits per heavy atom. The first kappa shape index (κ1) is 18.7. The molecule has 5 nitrogen and oxygen atoms in total. The molecule has 29 heavy (non-hydrogen) atoms. The molecule has 2 heterocycles. The Morgan fingerprint density at radius 1 is 1.14 bits per heavy atom. The normalized spacial score (nSPS) is 15.3. The van der Waals surface area contributed by atoms with Crippen molar-refractivity contribution in [3.63, 3.8) is 0 Å². The van der Waals surface area contributed by atoms with Crippen LogP contribution < -0.4 is 10.2 Å². The summed E-state index contributed by atoms with van der Waals surface area (Å²) in [6, 6.07) is 23.6. The maximum atomic E-state index is 12.6. The molecule has 0 saturated heterocycles. The van der Waals surface area contributed by atoms with E-state index in [-0.39, 0.29) is 11.9 Å². The summed E-state index contributed by atoms with van der Waals surface area (Å²) in [5.74, 6) is 0.0128. The van der Waals surface area contributed by atoms with Gasteiger partial charge in [-0.15, -0.1) is 0 Å². The molecule has 0 bridgehead atoms. The molecule has 1 N–H and O–H groups in total. The molecule has 0 saturated carbocycles. The van der Waals surface area contributed by atoms with Gasteiger partial charge in [-0.05, 0) is 47.9 Å². The third-order valence-corrected chi connectivity index (χ3v) is 5.11. The van der Waals surface area contributed by atoms with Gasteiger partial charge in [-0.1, -0.05) is 36.4 Å². The van der Waals surface area contributed by atoms with Crippen molar-refractivity contribution in [1.29, 1.82) is 5.26 Å². The van der Waals surface area contributed by atoms with E-state index < -0.39 is 0 Å². The Hall–Kier alpha value is -3.65. The minimum absolute atomic E-state index is 0.0128. The molecule has 0 radical (unpaired) electrons. The number of nitriles is 1. The standard InChI is InChI=1S/C24H22N4O/c25-15-19-9-10-23-20(12-19)14-22(17-28(23)16-21-8-4-5-11-26-21)27-24(29)13-18-6-2-1-3-7-18/h1-12,22H,13-14,16-17H2,(H,27,29). The van der Waals surface area contributed by atoms with Gasteiger partial charge in [0.1, 0.15) is 0 Å². The summed E-state index contributed by atoms with van der Waals surface area (Å²) in [5, 5.41) is 12.4. The molecule has 0 spiro atoms. The third kappa shape index (κ3) is 4.61. The molecule has 4 rings (SSSR count). The first-order valence-electron chi connectivity index (χ1n) is 9.72. The molecule has 1 atom stereocenters. The number of fused-ring (bicyclic) bond motifs is 1. The number of aromatic nitrogens is 1. The second kappa shape index (κ2) is 8.57. The van der Waals surface area contributed by atoms with Crippen molar-refractivity contribution in [3.05, 3.63) is 95.3 Å². The van der Waals surface area contributed by atoms with Crippen molar-refractivity contribution in [2.75, 3.05) is 11.4 Å². The van der Waals surface area contributed by atoms with Crippen molar-refractivity contribution in [3.8, 4) is 6.07 Å². The van der Waals surface area contributed by atoms with E-state index in [9.17, 15) is 10.1 Å². The molecule has 1 amide bonds. The maximum absolute atomic E-state index is 12.6. The van der Waals surface area contributed by atoms with Gasteiger partial charge in [0, 0.05) is 18.4 Å². The number of benzene rings is 2. The van der Waals surface area contributed by atoms with Gasteiger partial charge in [0.15, 0.2) is 0 Å². The van der Waals surface area contributed by atoms with Crippen molar-refractivity contribution in [1.82, 2.24) is 10.3 Å². The number of pyridine rings is 1. The van der Waals surface area contributed by atoms with Gasteiger partial charge in [-0.25, -0.2) is 0 Å². The smallest absolute Gasteiger partial charge is 0.224 e. The van der Waals surface area contributed by atoms with Crippen molar-refractivity contribution in [2.24, 2.45) is 0 Å². The summed E-state index contributed by atoms with van der Waals surface area (Å²) in [7, 11) is 0. The highest BCUT2D eigenvalue weighted by molar-refractivity contribution is 5.79. The lowest BCUT2D eigenvalue weighted by Gasteiger charge is -2.36. The molecule has 3 aromatic rings. The Balaban J connectivity index is 1.53. The van der Waals surface area contributed by atoms with Crippen LogP contribution in [-0.2, 0) is 24.2 Å². The van der Waals surface area contributed by atoms with E-state index in [1.165, 1.54) is 0 Å². The monoisotopic (exact) mass is 382 g/mol. The van der Waals surface area contributed by atoms with Crippen molar-refractivity contribution in [2.45, 2.75) is 25.4 Å². The highest BCUT2D eigenvalue weighted by Crippen LogP contribution is 2.29. The third-order valence-electron chi connectivity index (χ3n) is 5.11. The van der Waals surface area contributed by atoms with Crippen molar-refractivity contribution >= 4 is 11.6 Å². The van der Waals surface area contributed by atoms with Crippen LogP contribution in [0.5, 0.6) is 0 Å². The summed E-state index contributed by atoms with van der Waals surface area (Å²) in [5.41, 5.74) is 4.79. The lowest BCUT2D eigenvalue weighted by Crippen LogP contribution is -2.48. The molecule has 0 fully saturated rings. The Kier molecular flexibility index (Phi) is 5.53. The quantitative estimate of drug-likeness (QED) is 0.736. The fourth-order valence-electron chi connectivity index (χ4n) is 3.81. The van der Waals surface area contributed by atoms with Crippen LogP contribution in [-0.4, -0.2) is 23.5 Å². The summed E-state index contributed by atoms with van der Waals surface area (Å²) in [4.78, 5) is 19.3. The molecule has 5 heteroatoms. The second-order valence-corrected chi connectivity index (χ2v) is 7.29. The Morgan fingerprint density at radius 3 is 2.72 bits per heavy atom. The number of nitrogens with one attached hydrogen (secondary N) is 1. The van der Waals surface area contributed by atoms with E-state index in [4.69, 9.17) is 0 Å². The van der Waals surface area contributed by atoms with E-state index in [0.717, 1.165) is 22.5 Å². The number of nitrogens with zero attached hydrogens (tertiary/aromatic N) is 3. The minimum atomic E-state index is -0.0173. The van der Waals surface area contributed by atoms with E-state index in [1.807, 2.05) is 66.7 Å². The van der Waals surface area contributed by atoms with E-state index in [1.54, 1.807) is 6.20 Å². The maximum Gasteiger partial charge on any atom is 0.224 e. The summed E-state index contributed by atoms with van der Waals surface area (Å²) >= 11 is 0. The van der Waals surface area contributed by atoms with Crippen LogP contribution in [0.1, 0.15) is 22.4 Å². The van der Waals surface area contributed by atoms with Crippen LogP contribution in [0.4, 0.5) is 5.69 Å². The number of hydrogen-bond donors (Lipinski definition) is 1. The highest BCUT2D eigenvalue weighted by atomic mass is 16.1. The first-order valence-corrected chi connectivity index (χ1v) is 9.72. The van der Waals surface area contributed by atoms with Crippen LogP contribution in [0.15, 0.2) is 72.9 Å². The fraction of sp³-hybridized carbons (Fsp3) is 0.208. The average molecular weight is 382 g/mol. The first-order chi connectivity index (χ1) is 14.2. The molecule has 2 aromatic carbocycles. The Labute approximate surface area is 170 Å². The molecule has 0 aliphatic carbocycles. The van der Waals surface area contributed by atoms with Gasteiger partial charge in [0.05, 0.1) is 36.3 Å². The van der Waals surface area contributed by atoms with Gasteiger partial charge in [0.25, 0.3) is 0 Å². The molecule has 1 aliphatic rings. The summed E-state index contributed by atoms with van der Waals surface area (Å²) in [6.45, 7) is 1.36. The van der Waals surface area contributed by atoms with E-state index >= 15 is 0 Å². The van der Waals surface area contributed by atoms with Crippen LogP contribution in [0.2, 0.25) is 0 Å². The number of rotatable bonds is 5. The predicted octanol–water partition coefficient (Wildman–Crippen LogP) is 3.24. The molecule has 144 valence electrons.